The second kappa shape index (κ2) is 5.01. The number of nitrogens with zero attached hydrogens (tertiary/aromatic N) is 1. The summed E-state index contributed by atoms with van der Waals surface area (Å²) in [5, 5.41) is 20.1. The molecule has 1 aromatic heterocycles. The summed E-state index contributed by atoms with van der Waals surface area (Å²) in [4.78, 5) is 17.5. The van der Waals surface area contributed by atoms with Crippen LogP contribution in [0.5, 0.6) is 11.5 Å². The Balaban J connectivity index is 2.33. The third-order valence-corrected chi connectivity index (χ3v) is 3.97. The van der Waals surface area contributed by atoms with Crippen LogP contribution in [-0.2, 0) is 6.42 Å². The molecule has 0 aliphatic heterocycles. The molecule has 5 heteroatoms. The number of benzene rings is 1. The van der Waals surface area contributed by atoms with E-state index in [-0.39, 0.29) is 29.3 Å². The van der Waals surface area contributed by atoms with Crippen molar-refractivity contribution in [3.05, 3.63) is 38.8 Å². The summed E-state index contributed by atoms with van der Waals surface area (Å²) < 4.78 is 0. The summed E-state index contributed by atoms with van der Waals surface area (Å²) in [6.45, 7) is 5.46. The van der Waals surface area contributed by atoms with Crippen LogP contribution in [0.4, 0.5) is 0 Å². The molecule has 19 heavy (non-hydrogen) atoms. The third-order valence-electron chi connectivity index (χ3n) is 2.90. The lowest BCUT2D eigenvalue weighted by molar-refractivity contribution is 0.0990. The molecule has 0 amide bonds. The van der Waals surface area contributed by atoms with Crippen LogP contribution in [0.3, 0.4) is 0 Å². The highest BCUT2D eigenvalue weighted by Gasteiger charge is 2.18. The van der Waals surface area contributed by atoms with Crippen molar-refractivity contribution in [1.82, 2.24) is 4.98 Å². The van der Waals surface area contributed by atoms with Gasteiger partial charge in [-0.2, -0.15) is 0 Å². The Hall–Kier alpha value is -1.88. The maximum Gasteiger partial charge on any atom is 0.172 e. The lowest BCUT2D eigenvalue weighted by atomic mass is 10.0. The van der Waals surface area contributed by atoms with E-state index in [1.165, 1.54) is 23.5 Å². The molecule has 100 valence electrons. The fraction of sp³-hybridized carbons (Fsp3) is 0.286. The van der Waals surface area contributed by atoms with Gasteiger partial charge in [-0.3, -0.25) is 4.79 Å². The van der Waals surface area contributed by atoms with Gasteiger partial charge in [0.15, 0.2) is 5.78 Å². The smallest absolute Gasteiger partial charge is 0.172 e. The minimum atomic E-state index is -0.179. The molecule has 2 N–H and O–H groups in total. The standard InChI is InChI=1S/C14H15NO3S/c1-7-4-10(16)5-11(17)14(7)12(18)6-13-8(2)15-9(3)19-13/h4-5,16-17H,6H2,1-3H3. The summed E-state index contributed by atoms with van der Waals surface area (Å²) in [6.07, 6.45) is 0.219. The second-order valence-corrected chi connectivity index (χ2v) is 5.79. The van der Waals surface area contributed by atoms with Gasteiger partial charge in [0.2, 0.25) is 0 Å². The van der Waals surface area contributed by atoms with Gasteiger partial charge in [-0.05, 0) is 32.4 Å². The van der Waals surface area contributed by atoms with Crippen molar-refractivity contribution in [3.63, 3.8) is 0 Å². The topological polar surface area (TPSA) is 70.4 Å². The summed E-state index contributed by atoms with van der Waals surface area (Å²) in [5.41, 5.74) is 1.69. The van der Waals surface area contributed by atoms with E-state index >= 15 is 0 Å². The Kier molecular flexibility index (Phi) is 3.57. The molecule has 0 aliphatic rings. The number of Topliss-reactive ketones (excluding diaryl/α,β-unsaturated/α-hetero) is 1. The van der Waals surface area contributed by atoms with E-state index < -0.39 is 0 Å². The molecule has 2 rings (SSSR count). The highest BCUT2D eigenvalue weighted by molar-refractivity contribution is 7.11. The van der Waals surface area contributed by atoms with E-state index in [9.17, 15) is 15.0 Å². The molecule has 0 saturated carbocycles. The highest BCUT2D eigenvalue weighted by atomic mass is 32.1. The minimum Gasteiger partial charge on any atom is -0.508 e. The van der Waals surface area contributed by atoms with Crippen LogP contribution in [0.2, 0.25) is 0 Å². The van der Waals surface area contributed by atoms with Crippen molar-refractivity contribution in [1.29, 1.82) is 0 Å². The van der Waals surface area contributed by atoms with E-state index in [0.29, 0.717) is 5.56 Å². The molecule has 1 heterocycles. The number of phenolic OH excluding ortho intramolecular Hbond substituents is 2. The van der Waals surface area contributed by atoms with E-state index in [1.54, 1.807) is 6.92 Å². The SMILES string of the molecule is Cc1nc(C)c(CC(=O)c2c(C)cc(O)cc2O)s1. The van der Waals surface area contributed by atoms with Crippen LogP contribution in [0.1, 0.15) is 31.5 Å². The van der Waals surface area contributed by atoms with Crippen molar-refractivity contribution >= 4 is 17.1 Å². The van der Waals surface area contributed by atoms with Crippen molar-refractivity contribution in [2.24, 2.45) is 0 Å². The Morgan fingerprint density at radius 2 is 1.95 bits per heavy atom. The average molecular weight is 277 g/mol. The van der Waals surface area contributed by atoms with E-state index in [4.69, 9.17) is 0 Å². The molecule has 2 aromatic rings. The number of ketones is 1. The summed E-state index contributed by atoms with van der Waals surface area (Å²) >= 11 is 1.49. The largest absolute Gasteiger partial charge is 0.508 e. The Morgan fingerprint density at radius 3 is 2.47 bits per heavy atom. The Morgan fingerprint density at radius 1 is 1.26 bits per heavy atom. The van der Waals surface area contributed by atoms with Crippen LogP contribution in [0.25, 0.3) is 0 Å². The minimum absolute atomic E-state index is 0.0450. The summed E-state index contributed by atoms with van der Waals surface area (Å²) in [5.74, 6) is -0.389. The first-order valence-electron chi connectivity index (χ1n) is 5.87. The van der Waals surface area contributed by atoms with Gasteiger partial charge in [0.1, 0.15) is 11.5 Å². The van der Waals surface area contributed by atoms with Crippen LogP contribution < -0.4 is 0 Å². The first-order chi connectivity index (χ1) is 8.88. The normalized spacial score (nSPS) is 10.7. The van der Waals surface area contributed by atoms with Gasteiger partial charge in [0, 0.05) is 17.4 Å². The van der Waals surface area contributed by atoms with Crippen molar-refractivity contribution in [3.8, 4) is 11.5 Å². The number of hydrogen-bond acceptors (Lipinski definition) is 5. The number of hydrogen-bond donors (Lipinski definition) is 2. The molecule has 0 fully saturated rings. The molecular weight excluding hydrogens is 262 g/mol. The summed E-state index contributed by atoms with van der Waals surface area (Å²) in [6, 6.07) is 2.66. The second-order valence-electron chi connectivity index (χ2n) is 4.50. The number of carbonyl (C=O) groups is 1. The maximum atomic E-state index is 12.3. The van der Waals surface area contributed by atoms with Gasteiger partial charge in [0.05, 0.1) is 16.3 Å². The van der Waals surface area contributed by atoms with Gasteiger partial charge >= 0.3 is 0 Å². The van der Waals surface area contributed by atoms with Crippen molar-refractivity contribution in [2.45, 2.75) is 27.2 Å². The maximum absolute atomic E-state index is 12.3. The van der Waals surface area contributed by atoms with E-state index in [0.717, 1.165) is 15.6 Å². The van der Waals surface area contributed by atoms with E-state index in [1.807, 2.05) is 13.8 Å². The van der Waals surface area contributed by atoms with Gasteiger partial charge in [0.25, 0.3) is 0 Å². The number of aryl methyl sites for hydroxylation is 3. The zero-order chi connectivity index (χ0) is 14.2. The van der Waals surface area contributed by atoms with Gasteiger partial charge in [-0.15, -0.1) is 11.3 Å². The number of carbonyl (C=O) groups excluding carboxylic acids is 1. The van der Waals surface area contributed by atoms with Crippen LogP contribution >= 0.6 is 11.3 Å². The Bertz CT molecular complexity index is 623. The third kappa shape index (κ3) is 2.76. The zero-order valence-corrected chi connectivity index (χ0v) is 11.8. The van der Waals surface area contributed by atoms with Gasteiger partial charge in [-0.25, -0.2) is 4.98 Å². The lowest BCUT2D eigenvalue weighted by Crippen LogP contribution is -2.06. The monoisotopic (exact) mass is 277 g/mol. The molecule has 0 atom stereocenters. The molecule has 4 nitrogen and oxygen atoms in total. The molecule has 0 unspecified atom stereocenters. The molecule has 0 bridgehead atoms. The van der Waals surface area contributed by atoms with Crippen LogP contribution in [0, 0.1) is 20.8 Å². The first-order valence-corrected chi connectivity index (χ1v) is 6.69. The number of aromatic nitrogens is 1. The fourth-order valence-corrected chi connectivity index (χ4v) is 3.02. The number of phenols is 2. The predicted octanol–water partition coefficient (Wildman–Crippen LogP) is 2.90. The summed E-state index contributed by atoms with van der Waals surface area (Å²) in [7, 11) is 0. The molecule has 0 spiro atoms. The molecule has 0 saturated heterocycles. The predicted molar refractivity (Wildman–Crippen MR) is 74.1 cm³/mol. The van der Waals surface area contributed by atoms with Gasteiger partial charge < -0.3 is 10.2 Å². The zero-order valence-electron chi connectivity index (χ0n) is 11.0. The van der Waals surface area contributed by atoms with Crippen LogP contribution in [-0.4, -0.2) is 21.0 Å². The number of aromatic hydroxyl groups is 2. The quantitative estimate of drug-likeness (QED) is 0.846. The van der Waals surface area contributed by atoms with Crippen molar-refractivity contribution in [2.75, 3.05) is 0 Å². The van der Waals surface area contributed by atoms with Gasteiger partial charge in [-0.1, -0.05) is 0 Å². The first kappa shape index (κ1) is 13.5. The molecule has 1 aromatic carbocycles. The lowest BCUT2D eigenvalue weighted by Gasteiger charge is -2.08. The highest BCUT2D eigenvalue weighted by Crippen LogP contribution is 2.29. The molecule has 0 aliphatic carbocycles. The number of rotatable bonds is 3. The molecular formula is C14H15NO3S. The molecule has 0 radical (unpaired) electrons. The number of thiazole rings is 1. The Labute approximate surface area is 115 Å². The van der Waals surface area contributed by atoms with Crippen LogP contribution in [0.15, 0.2) is 12.1 Å². The average Bonchev–Trinajstić information content (AvgIpc) is 2.55. The van der Waals surface area contributed by atoms with E-state index in [2.05, 4.69) is 4.98 Å². The fourth-order valence-electron chi connectivity index (χ4n) is 2.08. The van der Waals surface area contributed by atoms with Crippen molar-refractivity contribution < 1.29 is 15.0 Å².